The van der Waals surface area contributed by atoms with Gasteiger partial charge < -0.3 is 15.5 Å². The minimum atomic E-state index is 0.456. The predicted molar refractivity (Wildman–Crippen MR) is 128 cm³/mol. The fourth-order valence-corrected chi connectivity index (χ4v) is 5.04. The van der Waals surface area contributed by atoms with E-state index in [1.807, 2.05) is 36.5 Å². The van der Waals surface area contributed by atoms with Crippen molar-refractivity contribution in [2.24, 2.45) is 0 Å². The van der Waals surface area contributed by atoms with Crippen LogP contribution in [0.4, 0.5) is 23.1 Å². The Morgan fingerprint density at radius 2 is 1.87 bits per heavy atom. The Bertz CT molecular complexity index is 1160. The predicted octanol–water partition coefficient (Wildman–Crippen LogP) is 5.34. The van der Waals surface area contributed by atoms with Gasteiger partial charge in [0.15, 0.2) is 0 Å². The van der Waals surface area contributed by atoms with Crippen LogP contribution in [0.1, 0.15) is 31.4 Å². The van der Waals surface area contributed by atoms with Crippen LogP contribution in [0.15, 0.2) is 48.1 Å². The monoisotopic (exact) mass is 433 g/mol. The molecule has 0 radical (unpaired) electrons. The molecule has 1 aliphatic heterocycles. The highest BCUT2D eigenvalue weighted by atomic mass is 32.1. The van der Waals surface area contributed by atoms with Gasteiger partial charge in [-0.15, -0.1) is 11.3 Å². The van der Waals surface area contributed by atoms with Crippen molar-refractivity contribution < 1.29 is 0 Å². The molecule has 5 rings (SSSR count). The van der Waals surface area contributed by atoms with Crippen LogP contribution in [0.5, 0.6) is 0 Å². The van der Waals surface area contributed by atoms with Gasteiger partial charge in [0, 0.05) is 25.0 Å². The molecule has 0 aliphatic carbocycles. The summed E-state index contributed by atoms with van der Waals surface area (Å²) in [5, 5.41) is 14.6. The summed E-state index contributed by atoms with van der Waals surface area (Å²) < 4.78 is 2.09. The molecule has 4 aromatic rings. The Kier molecular flexibility index (Phi) is 5.57. The molecule has 160 valence electrons. The third-order valence-corrected chi connectivity index (χ3v) is 6.88. The highest BCUT2D eigenvalue weighted by Gasteiger charge is 2.20. The molecular weight excluding hydrogens is 406 g/mol. The zero-order valence-electron chi connectivity index (χ0n) is 17.9. The number of aryl methyl sites for hydroxylation is 1. The highest BCUT2D eigenvalue weighted by Crippen LogP contribution is 2.33. The van der Waals surface area contributed by atoms with Crippen molar-refractivity contribution in [3.8, 4) is 0 Å². The van der Waals surface area contributed by atoms with E-state index in [-0.39, 0.29) is 0 Å². The van der Waals surface area contributed by atoms with Crippen molar-refractivity contribution in [2.75, 3.05) is 30.3 Å². The summed E-state index contributed by atoms with van der Waals surface area (Å²) in [5.74, 6) is 1.39. The second-order valence-electron chi connectivity index (χ2n) is 7.99. The number of nitrogens with one attached hydrogen (secondary N) is 2. The number of nitrogens with zero attached hydrogens (tertiary/aromatic N) is 5. The maximum Gasteiger partial charge on any atom is 0.230 e. The number of thiophene rings is 1. The molecule has 7 nitrogen and oxygen atoms in total. The van der Waals surface area contributed by atoms with Crippen LogP contribution in [0, 0.1) is 6.92 Å². The molecule has 3 aromatic heterocycles. The van der Waals surface area contributed by atoms with E-state index < -0.39 is 0 Å². The van der Waals surface area contributed by atoms with Gasteiger partial charge in [0.05, 0.1) is 23.3 Å². The Hall–Kier alpha value is -2.97. The Morgan fingerprint density at radius 1 is 1.06 bits per heavy atom. The zero-order valence-corrected chi connectivity index (χ0v) is 18.7. The number of hydrogen-bond donors (Lipinski definition) is 2. The van der Waals surface area contributed by atoms with Crippen LogP contribution in [0.3, 0.4) is 0 Å². The lowest BCUT2D eigenvalue weighted by molar-refractivity contribution is 0.187. The summed E-state index contributed by atoms with van der Waals surface area (Å²) in [5.41, 5.74) is 3.10. The molecule has 1 saturated heterocycles. The molecule has 0 saturated carbocycles. The zero-order chi connectivity index (χ0) is 21.2. The van der Waals surface area contributed by atoms with Gasteiger partial charge in [-0.2, -0.15) is 10.1 Å². The molecule has 0 unspecified atom stereocenters. The number of fused-ring (bicyclic) bond motifs is 1. The number of benzene rings is 1. The van der Waals surface area contributed by atoms with Crippen molar-refractivity contribution in [1.82, 2.24) is 24.6 Å². The topological polar surface area (TPSA) is 70.9 Å². The van der Waals surface area contributed by atoms with Gasteiger partial charge >= 0.3 is 0 Å². The molecule has 31 heavy (non-hydrogen) atoms. The van der Waals surface area contributed by atoms with Crippen molar-refractivity contribution in [2.45, 2.75) is 32.7 Å². The lowest BCUT2D eigenvalue weighted by atomic mass is 10.1. The van der Waals surface area contributed by atoms with E-state index in [4.69, 9.17) is 9.97 Å². The summed E-state index contributed by atoms with van der Waals surface area (Å²) in [6.45, 7) is 7.72. The molecule has 1 fully saturated rings. The van der Waals surface area contributed by atoms with E-state index in [1.165, 1.54) is 5.56 Å². The minimum absolute atomic E-state index is 0.456. The SMILES string of the molecule is CCN1CCC(n2cc(Nc3nc(Nc4ccccc4)c4c(C)csc4n3)cn2)CC1. The van der Waals surface area contributed by atoms with Crippen LogP contribution in [0.25, 0.3) is 10.2 Å². The molecule has 8 heteroatoms. The van der Waals surface area contributed by atoms with Crippen LogP contribution >= 0.6 is 11.3 Å². The first-order valence-electron chi connectivity index (χ1n) is 10.8. The van der Waals surface area contributed by atoms with Gasteiger partial charge in [-0.25, -0.2) is 4.98 Å². The fraction of sp³-hybridized carbons (Fsp3) is 0.348. The Morgan fingerprint density at radius 3 is 2.65 bits per heavy atom. The van der Waals surface area contributed by atoms with Crippen molar-refractivity contribution >= 4 is 44.7 Å². The summed E-state index contributed by atoms with van der Waals surface area (Å²) in [7, 11) is 0. The summed E-state index contributed by atoms with van der Waals surface area (Å²) in [4.78, 5) is 13.0. The van der Waals surface area contributed by atoms with E-state index in [2.05, 4.69) is 50.7 Å². The second kappa shape index (κ2) is 8.64. The first kappa shape index (κ1) is 20.0. The Balaban J connectivity index is 1.38. The van der Waals surface area contributed by atoms with Crippen LogP contribution in [0.2, 0.25) is 0 Å². The van der Waals surface area contributed by atoms with E-state index >= 15 is 0 Å². The average Bonchev–Trinajstić information content (AvgIpc) is 3.41. The standard InChI is InChI=1S/C23H27N7S/c1-3-29-11-9-19(10-12-29)30-14-18(13-24-30)26-23-27-21(25-17-7-5-4-6-8-17)20-16(2)15-31-22(20)28-23/h4-8,13-15,19H,3,9-12H2,1-2H3,(H2,25,26,27,28). The third kappa shape index (κ3) is 4.26. The van der Waals surface area contributed by atoms with Crippen molar-refractivity contribution in [3.05, 3.63) is 53.7 Å². The maximum absolute atomic E-state index is 4.80. The van der Waals surface area contributed by atoms with E-state index in [0.717, 1.165) is 59.9 Å². The smallest absolute Gasteiger partial charge is 0.230 e. The number of likely N-dealkylation sites (tertiary alicyclic amines) is 1. The summed E-state index contributed by atoms with van der Waals surface area (Å²) in [6, 6.07) is 10.6. The van der Waals surface area contributed by atoms with Crippen LogP contribution in [-0.2, 0) is 0 Å². The van der Waals surface area contributed by atoms with Gasteiger partial charge in [-0.1, -0.05) is 25.1 Å². The van der Waals surface area contributed by atoms with E-state index in [9.17, 15) is 0 Å². The van der Waals surface area contributed by atoms with Crippen LogP contribution < -0.4 is 10.6 Å². The largest absolute Gasteiger partial charge is 0.340 e. The number of hydrogen-bond acceptors (Lipinski definition) is 7. The molecule has 0 spiro atoms. The van der Waals surface area contributed by atoms with Gasteiger partial charge in [0.25, 0.3) is 0 Å². The molecule has 0 bridgehead atoms. The first-order chi connectivity index (χ1) is 15.2. The van der Waals surface area contributed by atoms with Gasteiger partial charge in [0.1, 0.15) is 10.6 Å². The number of para-hydroxylation sites is 1. The van der Waals surface area contributed by atoms with Crippen molar-refractivity contribution in [3.63, 3.8) is 0 Å². The average molecular weight is 434 g/mol. The summed E-state index contributed by atoms with van der Waals surface area (Å²) in [6.07, 6.45) is 6.21. The van der Waals surface area contributed by atoms with Crippen LogP contribution in [-0.4, -0.2) is 44.3 Å². The third-order valence-electron chi connectivity index (χ3n) is 5.89. The quantitative estimate of drug-likeness (QED) is 0.428. The van der Waals surface area contributed by atoms with Gasteiger partial charge in [-0.05, 0) is 49.4 Å². The Labute approximate surface area is 186 Å². The second-order valence-corrected chi connectivity index (χ2v) is 8.84. The van der Waals surface area contributed by atoms with Gasteiger partial charge in [-0.3, -0.25) is 4.68 Å². The van der Waals surface area contributed by atoms with E-state index in [1.54, 1.807) is 11.3 Å². The minimum Gasteiger partial charge on any atom is -0.340 e. The lowest BCUT2D eigenvalue weighted by Gasteiger charge is -2.31. The van der Waals surface area contributed by atoms with E-state index in [0.29, 0.717) is 12.0 Å². The normalized spacial score (nSPS) is 15.4. The van der Waals surface area contributed by atoms with Crippen molar-refractivity contribution in [1.29, 1.82) is 0 Å². The maximum atomic E-state index is 4.80. The molecule has 2 N–H and O–H groups in total. The van der Waals surface area contributed by atoms with Gasteiger partial charge in [0.2, 0.25) is 5.95 Å². The first-order valence-corrected chi connectivity index (χ1v) is 11.7. The number of anilines is 4. The summed E-state index contributed by atoms with van der Waals surface area (Å²) >= 11 is 1.64. The lowest BCUT2D eigenvalue weighted by Crippen LogP contribution is -2.34. The number of rotatable bonds is 6. The molecule has 4 heterocycles. The number of aromatic nitrogens is 4. The highest BCUT2D eigenvalue weighted by molar-refractivity contribution is 7.17. The molecular formula is C23H27N7S. The fourth-order valence-electron chi connectivity index (χ4n) is 4.12. The molecule has 1 aliphatic rings. The molecule has 0 amide bonds. The molecule has 0 atom stereocenters. The number of piperidine rings is 1. The molecule has 1 aromatic carbocycles.